The van der Waals surface area contributed by atoms with Crippen LogP contribution >= 0.6 is 11.3 Å². The lowest BCUT2D eigenvalue weighted by Crippen LogP contribution is -2.26. The van der Waals surface area contributed by atoms with Gasteiger partial charge in [0, 0.05) is 22.4 Å². The largest absolute Gasteiger partial charge is 0.454 e. The van der Waals surface area contributed by atoms with E-state index in [1.54, 1.807) is 6.07 Å². The van der Waals surface area contributed by atoms with Gasteiger partial charge in [0.1, 0.15) is 0 Å². The van der Waals surface area contributed by atoms with Crippen molar-refractivity contribution in [2.75, 3.05) is 20.8 Å². The third kappa shape index (κ3) is 4.36. The second-order valence-corrected chi connectivity index (χ2v) is 8.85. The van der Waals surface area contributed by atoms with E-state index in [0.717, 1.165) is 9.75 Å². The van der Waals surface area contributed by atoms with Crippen LogP contribution in [0.1, 0.15) is 30.5 Å². The number of sulfonamides is 1. The quantitative estimate of drug-likeness (QED) is 0.405. The molecule has 0 fully saturated rings. The highest BCUT2D eigenvalue weighted by molar-refractivity contribution is 7.89. The van der Waals surface area contributed by atoms with Gasteiger partial charge in [-0.2, -0.15) is 0 Å². The molecule has 0 aliphatic carbocycles. The third-order valence-corrected chi connectivity index (χ3v) is 6.28. The molecule has 7 nitrogen and oxygen atoms in total. The number of nitrogens with zero attached hydrogens (tertiary/aromatic N) is 1. The van der Waals surface area contributed by atoms with Gasteiger partial charge in [0.15, 0.2) is 6.61 Å². The minimum Gasteiger partial charge on any atom is -0.454 e. The van der Waals surface area contributed by atoms with Crippen molar-refractivity contribution in [3.63, 3.8) is 0 Å². The van der Waals surface area contributed by atoms with Crippen molar-refractivity contribution in [2.24, 2.45) is 0 Å². The molecule has 9 heteroatoms. The Morgan fingerprint density at radius 3 is 2.46 bits per heavy atom. The lowest BCUT2D eigenvalue weighted by atomic mass is 10.2. The summed E-state index contributed by atoms with van der Waals surface area (Å²) in [5.41, 5.74) is 0.556. The first-order valence-corrected chi connectivity index (χ1v) is 9.83. The Labute approximate surface area is 156 Å². The Hall–Kier alpha value is -2.07. The van der Waals surface area contributed by atoms with E-state index < -0.39 is 22.6 Å². The minimum absolute atomic E-state index is 0.0293. The molecule has 0 spiro atoms. The number of ether oxygens (including phenoxy) is 1. The summed E-state index contributed by atoms with van der Waals surface area (Å²) in [6, 6.07) is 7.10. The van der Waals surface area contributed by atoms with Gasteiger partial charge in [-0.25, -0.2) is 13.2 Å². The van der Waals surface area contributed by atoms with Gasteiger partial charge in [0.05, 0.1) is 17.6 Å². The van der Waals surface area contributed by atoms with Crippen LogP contribution < -0.4 is 0 Å². The van der Waals surface area contributed by atoms with Gasteiger partial charge >= 0.3 is 5.97 Å². The van der Waals surface area contributed by atoms with E-state index in [0.29, 0.717) is 10.0 Å². The molecule has 1 heterocycles. The van der Waals surface area contributed by atoms with Crippen LogP contribution in [0.25, 0.3) is 0 Å². The summed E-state index contributed by atoms with van der Waals surface area (Å²) in [5, 5.41) is 0. The van der Waals surface area contributed by atoms with E-state index >= 15 is 0 Å². The number of aryl methyl sites for hydroxylation is 2. The fraction of sp³-hybridized carbons (Fsp3) is 0.294. The lowest BCUT2D eigenvalue weighted by molar-refractivity contribution is -0.0258. The van der Waals surface area contributed by atoms with Crippen molar-refractivity contribution in [2.45, 2.75) is 18.7 Å². The average molecular weight is 397 g/mol. The Kier molecular flexibility index (Phi) is 6.30. The fourth-order valence-electron chi connectivity index (χ4n) is 2.23. The fourth-order valence-corrected chi connectivity index (χ4v) is 4.19. The Balaban J connectivity index is 2.12. The molecule has 0 saturated carbocycles. The summed E-state index contributed by atoms with van der Waals surface area (Å²) >= 11 is 1.49. The number of hydrogen-bond donors (Lipinski definition) is 0. The van der Waals surface area contributed by atoms with Gasteiger partial charge in [-0.3, -0.25) is 9.63 Å². The molecule has 26 heavy (non-hydrogen) atoms. The van der Waals surface area contributed by atoms with Crippen LogP contribution in [0.2, 0.25) is 0 Å². The van der Waals surface area contributed by atoms with Gasteiger partial charge in [0.25, 0.3) is 10.0 Å². The summed E-state index contributed by atoms with van der Waals surface area (Å²) in [4.78, 5) is 30.8. The van der Waals surface area contributed by atoms with Crippen LogP contribution in [0.5, 0.6) is 0 Å². The van der Waals surface area contributed by atoms with E-state index in [1.807, 2.05) is 13.8 Å². The first-order valence-electron chi connectivity index (χ1n) is 7.57. The van der Waals surface area contributed by atoms with E-state index in [1.165, 1.54) is 49.8 Å². The Bertz CT molecular complexity index is 932. The zero-order valence-electron chi connectivity index (χ0n) is 14.8. The maximum absolute atomic E-state index is 12.2. The molecular weight excluding hydrogens is 378 g/mol. The van der Waals surface area contributed by atoms with Crippen molar-refractivity contribution in [1.29, 1.82) is 0 Å². The second-order valence-electron chi connectivity index (χ2n) is 5.45. The zero-order chi connectivity index (χ0) is 19.5. The van der Waals surface area contributed by atoms with E-state index in [9.17, 15) is 18.0 Å². The van der Waals surface area contributed by atoms with E-state index in [2.05, 4.69) is 0 Å². The van der Waals surface area contributed by atoms with Crippen molar-refractivity contribution >= 4 is 33.1 Å². The number of hydroxylamine groups is 1. The molecule has 0 aliphatic heterocycles. The predicted octanol–water partition coefficient (Wildman–Crippen LogP) is 2.59. The predicted molar refractivity (Wildman–Crippen MR) is 96.8 cm³/mol. The molecule has 1 aromatic heterocycles. The van der Waals surface area contributed by atoms with E-state index in [-0.39, 0.29) is 16.2 Å². The van der Waals surface area contributed by atoms with Crippen LogP contribution in [-0.4, -0.2) is 45.4 Å². The maximum atomic E-state index is 12.2. The van der Waals surface area contributed by atoms with Crippen molar-refractivity contribution in [3.8, 4) is 0 Å². The molecule has 0 aliphatic rings. The first kappa shape index (κ1) is 20.2. The summed E-state index contributed by atoms with van der Waals surface area (Å²) < 4.78 is 30.2. The van der Waals surface area contributed by atoms with Crippen LogP contribution in [0.3, 0.4) is 0 Å². The SMILES string of the molecule is CON(C)S(=O)(=O)c1cccc(C(=O)OCC(=O)c2cc(C)sc2C)c1. The van der Waals surface area contributed by atoms with Crippen molar-refractivity contribution in [3.05, 3.63) is 51.2 Å². The number of ketones is 1. The van der Waals surface area contributed by atoms with Crippen LogP contribution in [0.15, 0.2) is 35.2 Å². The highest BCUT2D eigenvalue weighted by Gasteiger charge is 2.22. The standard InChI is InChI=1S/C17H19NO6S2/c1-11-8-15(12(2)25-11)16(19)10-24-17(20)13-6-5-7-14(9-13)26(21,22)18(3)23-4/h5-9H,10H2,1-4H3. The highest BCUT2D eigenvalue weighted by Crippen LogP contribution is 2.21. The van der Waals surface area contributed by atoms with Crippen LogP contribution in [0.4, 0.5) is 0 Å². The summed E-state index contributed by atoms with van der Waals surface area (Å²) in [7, 11) is -1.43. The number of benzene rings is 1. The zero-order valence-corrected chi connectivity index (χ0v) is 16.4. The van der Waals surface area contributed by atoms with E-state index in [4.69, 9.17) is 9.57 Å². The smallest absolute Gasteiger partial charge is 0.338 e. The normalized spacial score (nSPS) is 11.6. The molecular formula is C17H19NO6S2. The summed E-state index contributed by atoms with van der Waals surface area (Å²) in [6.07, 6.45) is 0. The Morgan fingerprint density at radius 2 is 1.88 bits per heavy atom. The number of thiophene rings is 1. The van der Waals surface area contributed by atoms with Gasteiger partial charge in [-0.15, -0.1) is 11.3 Å². The van der Waals surface area contributed by atoms with Gasteiger partial charge in [0.2, 0.25) is 5.78 Å². The lowest BCUT2D eigenvalue weighted by Gasteiger charge is -2.14. The topological polar surface area (TPSA) is 90.0 Å². The molecule has 2 rings (SSSR count). The molecule has 0 unspecified atom stereocenters. The number of carbonyl (C=O) groups is 2. The van der Waals surface area contributed by atoms with Crippen molar-refractivity contribution in [1.82, 2.24) is 4.47 Å². The molecule has 2 aromatic rings. The summed E-state index contributed by atoms with van der Waals surface area (Å²) in [5.74, 6) is -1.08. The number of esters is 1. The molecule has 0 bridgehead atoms. The minimum atomic E-state index is -3.88. The van der Waals surface area contributed by atoms with Crippen molar-refractivity contribution < 1.29 is 27.6 Å². The molecule has 0 saturated heterocycles. The van der Waals surface area contributed by atoms with Crippen LogP contribution in [-0.2, 0) is 19.6 Å². The van der Waals surface area contributed by atoms with Gasteiger partial charge < -0.3 is 4.74 Å². The highest BCUT2D eigenvalue weighted by atomic mass is 32.2. The third-order valence-electron chi connectivity index (χ3n) is 3.64. The molecule has 0 atom stereocenters. The average Bonchev–Trinajstić information content (AvgIpc) is 2.96. The molecule has 0 amide bonds. The number of rotatable bonds is 7. The van der Waals surface area contributed by atoms with Crippen LogP contribution in [0, 0.1) is 13.8 Å². The van der Waals surface area contributed by atoms with Gasteiger partial charge in [-0.05, 0) is 38.1 Å². The maximum Gasteiger partial charge on any atom is 0.338 e. The number of Topliss-reactive ketones (excluding diaryl/α,β-unsaturated/α-hetero) is 1. The second kappa shape index (κ2) is 8.09. The number of carbonyl (C=O) groups excluding carboxylic acids is 2. The molecule has 1 aromatic carbocycles. The Morgan fingerprint density at radius 1 is 1.19 bits per heavy atom. The molecule has 0 radical (unpaired) electrons. The van der Waals surface area contributed by atoms with Gasteiger partial charge in [-0.1, -0.05) is 10.5 Å². The molecule has 0 N–H and O–H groups in total. The molecule has 140 valence electrons. The monoisotopic (exact) mass is 397 g/mol. The summed E-state index contributed by atoms with van der Waals surface area (Å²) in [6.45, 7) is 3.31. The number of hydrogen-bond acceptors (Lipinski definition) is 7. The first-order chi connectivity index (χ1) is 12.2.